The molecule has 0 bridgehead atoms. The average molecular weight is 464 g/mol. The van der Waals surface area contributed by atoms with Crippen LogP contribution in [-0.2, 0) is 5.88 Å². The summed E-state index contributed by atoms with van der Waals surface area (Å²) in [7, 11) is 3.05. The lowest BCUT2D eigenvalue weighted by Crippen LogP contribution is -2.23. The Morgan fingerprint density at radius 2 is 1.87 bits per heavy atom. The van der Waals surface area contributed by atoms with Crippen LogP contribution in [0.4, 0.5) is 4.39 Å². The predicted molar refractivity (Wildman–Crippen MR) is 118 cm³/mol. The zero-order chi connectivity index (χ0) is 21.4. The zero-order valence-electron chi connectivity index (χ0n) is 15.9. The molecule has 0 aliphatic rings. The fourth-order valence-electron chi connectivity index (χ4n) is 3.13. The van der Waals surface area contributed by atoms with Gasteiger partial charge in [-0.3, -0.25) is 13.9 Å². The van der Waals surface area contributed by atoms with Crippen LogP contribution in [0.5, 0.6) is 11.5 Å². The summed E-state index contributed by atoms with van der Waals surface area (Å²) >= 11 is 12.8. The van der Waals surface area contributed by atoms with Crippen molar-refractivity contribution in [1.29, 1.82) is 0 Å². The average Bonchev–Trinajstić information content (AvgIpc) is 3.10. The number of benzene rings is 2. The van der Waals surface area contributed by atoms with E-state index in [1.807, 2.05) is 0 Å². The lowest BCUT2D eigenvalue weighted by atomic mass is 10.2. The van der Waals surface area contributed by atoms with E-state index in [2.05, 4.69) is 4.98 Å². The monoisotopic (exact) mass is 463 g/mol. The molecule has 0 spiro atoms. The van der Waals surface area contributed by atoms with Crippen LogP contribution in [0, 0.1) is 9.77 Å². The molecule has 0 unspecified atom stereocenters. The maximum atomic E-state index is 13.5. The lowest BCUT2D eigenvalue weighted by Gasteiger charge is -2.15. The first kappa shape index (κ1) is 20.5. The van der Waals surface area contributed by atoms with Crippen LogP contribution in [0.15, 0.2) is 47.3 Å². The quantitative estimate of drug-likeness (QED) is 0.312. The van der Waals surface area contributed by atoms with Crippen molar-refractivity contribution in [2.45, 2.75) is 5.88 Å². The normalized spacial score (nSPS) is 11.1. The molecule has 2 aromatic heterocycles. The van der Waals surface area contributed by atoms with Gasteiger partial charge in [-0.15, -0.1) is 11.6 Å². The van der Waals surface area contributed by atoms with Crippen LogP contribution < -0.4 is 15.0 Å². The number of ether oxygens (including phenoxy) is 2. The molecule has 2 heterocycles. The number of hydrogen-bond acceptors (Lipinski definition) is 6. The number of thiazole rings is 1. The molecule has 0 aliphatic carbocycles. The Bertz CT molecular complexity index is 1360. The van der Waals surface area contributed by atoms with E-state index in [1.165, 1.54) is 30.9 Å². The fourth-order valence-corrected chi connectivity index (χ4v) is 4.61. The molecule has 0 saturated carbocycles. The number of nitrogens with zero attached hydrogens (tertiary/aromatic N) is 3. The molecule has 4 rings (SSSR count). The summed E-state index contributed by atoms with van der Waals surface area (Å²) in [4.78, 5) is 18.1. The van der Waals surface area contributed by atoms with Crippen molar-refractivity contribution in [3.8, 4) is 22.9 Å². The molecular weight excluding hydrogens is 449 g/mol. The first-order chi connectivity index (χ1) is 14.5. The van der Waals surface area contributed by atoms with Gasteiger partial charge in [0.1, 0.15) is 27.8 Å². The molecule has 154 valence electrons. The topological polar surface area (TPSA) is 58.3 Å². The number of aromatic nitrogens is 3. The molecular formula is C20H15ClFN3O3S2. The van der Waals surface area contributed by atoms with Crippen LogP contribution in [0.3, 0.4) is 0 Å². The zero-order valence-corrected chi connectivity index (χ0v) is 18.3. The van der Waals surface area contributed by atoms with Crippen LogP contribution in [-0.4, -0.2) is 28.3 Å². The molecule has 0 saturated heterocycles. The van der Waals surface area contributed by atoms with Crippen molar-refractivity contribution in [2.24, 2.45) is 0 Å². The van der Waals surface area contributed by atoms with Crippen LogP contribution in [0.2, 0.25) is 0 Å². The Morgan fingerprint density at radius 1 is 1.13 bits per heavy atom. The maximum Gasteiger partial charge on any atom is 0.277 e. The van der Waals surface area contributed by atoms with Gasteiger partial charge in [-0.05, 0) is 48.6 Å². The van der Waals surface area contributed by atoms with Gasteiger partial charge in [0.05, 0.1) is 25.8 Å². The van der Waals surface area contributed by atoms with Gasteiger partial charge < -0.3 is 9.47 Å². The van der Waals surface area contributed by atoms with Crippen LogP contribution >= 0.6 is 35.2 Å². The summed E-state index contributed by atoms with van der Waals surface area (Å²) in [6, 6.07) is 10.9. The van der Waals surface area contributed by atoms with E-state index in [0.29, 0.717) is 43.0 Å². The molecule has 0 aliphatic heterocycles. The number of rotatable bonds is 5. The summed E-state index contributed by atoms with van der Waals surface area (Å²) in [5, 5.41) is 0. The predicted octanol–water partition coefficient (Wildman–Crippen LogP) is 4.86. The number of fused-ring (bicyclic) bond motifs is 1. The molecule has 0 atom stereocenters. The fraction of sp³-hybridized carbons (Fsp3) is 0.150. The Kier molecular flexibility index (Phi) is 5.59. The van der Waals surface area contributed by atoms with Gasteiger partial charge in [-0.25, -0.2) is 9.37 Å². The molecule has 2 aromatic carbocycles. The van der Waals surface area contributed by atoms with E-state index < -0.39 is 0 Å². The van der Waals surface area contributed by atoms with Gasteiger partial charge in [0, 0.05) is 11.8 Å². The SMILES string of the molecule is COc1ccc(OC)c(-n2c(CCl)nc3c(sc(=S)n3-c3ccc(F)cc3)c2=O)c1. The molecule has 0 radical (unpaired) electrons. The third-order valence-electron chi connectivity index (χ3n) is 4.51. The smallest absolute Gasteiger partial charge is 0.277 e. The number of methoxy groups -OCH3 is 2. The van der Waals surface area contributed by atoms with E-state index in [4.69, 9.17) is 33.3 Å². The summed E-state index contributed by atoms with van der Waals surface area (Å²) in [6.45, 7) is 0. The van der Waals surface area contributed by atoms with Gasteiger partial charge in [0.25, 0.3) is 5.56 Å². The number of hydrogen-bond donors (Lipinski definition) is 0. The second-order valence-corrected chi connectivity index (χ2v) is 8.08. The van der Waals surface area contributed by atoms with E-state index >= 15 is 0 Å². The Morgan fingerprint density at radius 3 is 2.50 bits per heavy atom. The van der Waals surface area contributed by atoms with Crippen molar-refractivity contribution in [3.05, 3.63) is 68.4 Å². The molecule has 10 heteroatoms. The standard InChI is InChI=1S/C20H15ClFN3O3S2/c1-27-13-7-8-15(28-2)14(9-13)25-16(10-21)23-18-17(19(25)26)30-20(29)24(18)12-5-3-11(22)4-6-12/h3-9H,10H2,1-2H3. The molecule has 0 N–H and O–H groups in total. The Hall–Kier alpha value is -2.75. The Balaban J connectivity index is 2.06. The highest BCUT2D eigenvalue weighted by Gasteiger charge is 2.20. The molecule has 6 nitrogen and oxygen atoms in total. The minimum absolute atomic E-state index is 0.0302. The third-order valence-corrected chi connectivity index (χ3v) is 6.10. The molecule has 0 amide bonds. The largest absolute Gasteiger partial charge is 0.497 e. The molecule has 4 aromatic rings. The third kappa shape index (κ3) is 3.38. The van der Waals surface area contributed by atoms with Crippen molar-refractivity contribution in [2.75, 3.05) is 14.2 Å². The highest BCUT2D eigenvalue weighted by Crippen LogP contribution is 2.30. The van der Waals surface area contributed by atoms with Gasteiger partial charge in [-0.1, -0.05) is 11.3 Å². The first-order valence-electron chi connectivity index (χ1n) is 8.70. The second-order valence-electron chi connectivity index (χ2n) is 6.17. The van der Waals surface area contributed by atoms with Crippen molar-refractivity contribution >= 4 is 45.5 Å². The van der Waals surface area contributed by atoms with Gasteiger partial charge >= 0.3 is 0 Å². The molecule has 30 heavy (non-hydrogen) atoms. The highest BCUT2D eigenvalue weighted by atomic mass is 35.5. The van der Waals surface area contributed by atoms with Gasteiger partial charge in [0.2, 0.25) is 0 Å². The van der Waals surface area contributed by atoms with E-state index in [-0.39, 0.29) is 17.3 Å². The van der Waals surface area contributed by atoms with Crippen molar-refractivity contribution in [3.63, 3.8) is 0 Å². The summed E-state index contributed by atoms with van der Waals surface area (Å²) in [6.07, 6.45) is 0. The van der Waals surface area contributed by atoms with Gasteiger partial charge in [0.15, 0.2) is 9.60 Å². The summed E-state index contributed by atoms with van der Waals surface area (Å²) in [5.41, 5.74) is 1.10. The second kappa shape index (κ2) is 8.17. The first-order valence-corrected chi connectivity index (χ1v) is 10.5. The molecule has 0 fully saturated rings. The number of halogens is 2. The van der Waals surface area contributed by atoms with E-state index in [9.17, 15) is 9.18 Å². The van der Waals surface area contributed by atoms with E-state index in [1.54, 1.807) is 34.9 Å². The van der Waals surface area contributed by atoms with Crippen molar-refractivity contribution in [1.82, 2.24) is 14.1 Å². The number of alkyl halides is 1. The van der Waals surface area contributed by atoms with Gasteiger partial charge in [-0.2, -0.15) is 0 Å². The van der Waals surface area contributed by atoms with Crippen LogP contribution in [0.1, 0.15) is 5.82 Å². The van der Waals surface area contributed by atoms with Crippen molar-refractivity contribution < 1.29 is 13.9 Å². The maximum absolute atomic E-state index is 13.5. The summed E-state index contributed by atoms with van der Waals surface area (Å²) in [5.74, 6) is 0.926. The lowest BCUT2D eigenvalue weighted by molar-refractivity contribution is 0.401. The minimum Gasteiger partial charge on any atom is -0.497 e. The highest BCUT2D eigenvalue weighted by molar-refractivity contribution is 7.73. The Labute approximate surface area is 184 Å². The van der Waals surface area contributed by atoms with E-state index in [0.717, 1.165) is 11.3 Å². The minimum atomic E-state index is -0.369. The summed E-state index contributed by atoms with van der Waals surface area (Å²) < 4.78 is 27.9. The van der Waals surface area contributed by atoms with Crippen LogP contribution in [0.25, 0.3) is 21.7 Å².